The lowest BCUT2D eigenvalue weighted by Crippen LogP contribution is -2.19. The third-order valence-electron chi connectivity index (χ3n) is 3.72. The Kier molecular flexibility index (Phi) is 11.0. The van der Waals surface area contributed by atoms with Gasteiger partial charge in [-0.1, -0.05) is 78.4 Å². The van der Waals surface area contributed by atoms with Gasteiger partial charge in [0.1, 0.15) is 0 Å². The van der Waals surface area contributed by atoms with Crippen molar-refractivity contribution in [2.45, 2.75) is 51.6 Å². The fourth-order valence-corrected chi connectivity index (χ4v) is 2.76. The first-order chi connectivity index (χ1) is 10.7. The highest BCUT2D eigenvalue weighted by Crippen LogP contribution is 2.14. The Balaban J connectivity index is 2.12. The van der Waals surface area contributed by atoms with Crippen LogP contribution >= 0.6 is 15.9 Å². The summed E-state index contributed by atoms with van der Waals surface area (Å²) in [5.41, 5.74) is 1.08. The Morgan fingerprint density at radius 1 is 1.05 bits per heavy atom. The van der Waals surface area contributed by atoms with E-state index in [-0.39, 0.29) is 5.92 Å². The minimum atomic E-state index is -0.743. The molecule has 0 aliphatic heterocycles. The molecule has 0 unspecified atom stereocenters. The van der Waals surface area contributed by atoms with E-state index in [1.165, 1.54) is 25.7 Å². The maximum atomic E-state index is 11.3. The number of hydrogen-bond donors (Lipinski definition) is 1. The number of alkyl halides is 1. The Morgan fingerprint density at radius 2 is 1.68 bits per heavy atom. The van der Waals surface area contributed by atoms with Crippen LogP contribution in [0, 0.1) is 5.92 Å². The summed E-state index contributed by atoms with van der Waals surface area (Å²) in [6.45, 7) is 0.783. The topological polar surface area (TPSA) is 46.5 Å². The summed E-state index contributed by atoms with van der Waals surface area (Å²) in [6, 6.07) is 9.86. The van der Waals surface area contributed by atoms with Crippen molar-refractivity contribution in [3.63, 3.8) is 0 Å². The molecule has 0 spiro atoms. The second-order valence-corrected chi connectivity index (χ2v) is 6.43. The van der Waals surface area contributed by atoms with Gasteiger partial charge in [0.05, 0.1) is 19.1 Å². The summed E-state index contributed by atoms with van der Waals surface area (Å²) in [7, 11) is 0. The Morgan fingerprint density at radius 3 is 2.32 bits per heavy atom. The fourth-order valence-electron chi connectivity index (χ4n) is 2.36. The van der Waals surface area contributed by atoms with E-state index in [0.29, 0.717) is 19.6 Å². The molecular formula is C18H27BrO3. The number of carboxylic acid groups (broad SMARTS) is 1. The molecule has 0 amide bonds. The van der Waals surface area contributed by atoms with Gasteiger partial charge < -0.3 is 9.84 Å². The van der Waals surface area contributed by atoms with Crippen molar-refractivity contribution in [3.8, 4) is 0 Å². The first kappa shape index (κ1) is 19.2. The molecule has 1 N–H and O–H groups in total. The molecule has 1 atom stereocenters. The molecule has 1 aromatic rings. The smallest absolute Gasteiger partial charge is 0.308 e. The summed E-state index contributed by atoms with van der Waals surface area (Å²) in [5, 5.41) is 10.3. The maximum absolute atomic E-state index is 11.3. The van der Waals surface area contributed by atoms with Crippen molar-refractivity contribution in [2.24, 2.45) is 5.92 Å². The van der Waals surface area contributed by atoms with E-state index in [2.05, 4.69) is 15.9 Å². The van der Waals surface area contributed by atoms with Crippen molar-refractivity contribution in [1.82, 2.24) is 0 Å². The van der Waals surface area contributed by atoms with E-state index in [9.17, 15) is 9.90 Å². The fraction of sp³-hybridized carbons (Fsp3) is 0.611. The summed E-state index contributed by atoms with van der Waals surface area (Å²) in [4.78, 5) is 11.3. The third kappa shape index (κ3) is 9.21. The van der Waals surface area contributed by atoms with Crippen LogP contribution in [0.1, 0.15) is 50.5 Å². The number of hydrogen-bond acceptors (Lipinski definition) is 2. The van der Waals surface area contributed by atoms with Crippen molar-refractivity contribution in [2.75, 3.05) is 11.9 Å². The summed E-state index contributed by atoms with van der Waals surface area (Å²) in [6.07, 6.45) is 7.73. The van der Waals surface area contributed by atoms with Gasteiger partial charge in [-0.25, -0.2) is 0 Å². The van der Waals surface area contributed by atoms with E-state index in [1.807, 2.05) is 30.3 Å². The van der Waals surface area contributed by atoms with Crippen molar-refractivity contribution < 1.29 is 14.6 Å². The molecule has 0 fully saturated rings. The number of carbonyl (C=O) groups is 1. The molecule has 22 heavy (non-hydrogen) atoms. The molecule has 1 rings (SSSR count). The van der Waals surface area contributed by atoms with Crippen LogP contribution in [0.5, 0.6) is 0 Å². The van der Waals surface area contributed by atoms with Crippen LogP contribution < -0.4 is 0 Å². The van der Waals surface area contributed by atoms with Gasteiger partial charge in [0.25, 0.3) is 0 Å². The summed E-state index contributed by atoms with van der Waals surface area (Å²) >= 11 is 3.43. The second kappa shape index (κ2) is 12.7. The van der Waals surface area contributed by atoms with Gasteiger partial charge in [-0.3, -0.25) is 4.79 Å². The average molecular weight is 371 g/mol. The normalized spacial score (nSPS) is 12.2. The molecule has 0 radical (unpaired) electrons. The zero-order chi connectivity index (χ0) is 16.0. The Hall–Kier alpha value is -0.870. The molecule has 0 aliphatic carbocycles. The maximum Gasteiger partial charge on any atom is 0.308 e. The van der Waals surface area contributed by atoms with Gasteiger partial charge in [0.2, 0.25) is 0 Å². The standard InChI is InChI=1S/C18H27BrO3/c19-13-9-4-2-1-3-8-12-17(18(20)21)15-22-14-16-10-6-5-7-11-16/h5-7,10-11,17H,1-4,8-9,12-15H2,(H,20,21)/t17-/m1/s1. The van der Waals surface area contributed by atoms with E-state index >= 15 is 0 Å². The molecule has 0 saturated heterocycles. The predicted octanol–water partition coefficient (Wildman–Crippen LogP) is 5.03. The molecule has 0 aliphatic rings. The van der Waals surface area contributed by atoms with E-state index in [1.54, 1.807) is 0 Å². The van der Waals surface area contributed by atoms with Crippen LogP contribution in [0.15, 0.2) is 30.3 Å². The van der Waals surface area contributed by atoms with Crippen molar-refractivity contribution in [1.29, 1.82) is 0 Å². The third-order valence-corrected chi connectivity index (χ3v) is 4.28. The zero-order valence-electron chi connectivity index (χ0n) is 13.2. The molecular weight excluding hydrogens is 344 g/mol. The number of halogens is 1. The molecule has 4 heteroatoms. The summed E-state index contributed by atoms with van der Waals surface area (Å²) < 4.78 is 5.57. The molecule has 0 heterocycles. The molecule has 1 aromatic carbocycles. The molecule has 3 nitrogen and oxygen atoms in total. The quantitative estimate of drug-likeness (QED) is 0.391. The lowest BCUT2D eigenvalue weighted by Gasteiger charge is -2.13. The number of rotatable bonds is 13. The van der Waals surface area contributed by atoms with E-state index < -0.39 is 5.97 Å². The number of aliphatic carboxylic acids is 1. The van der Waals surface area contributed by atoms with Crippen LogP contribution in [0.2, 0.25) is 0 Å². The Labute approximate surface area is 142 Å². The molecule has 124 valence electrons. The van der Waals surface area contributed by atoms with Crippen molar-refractivity contribution in [3.05, 3.63) is 35.9 Å². The van der Waals surface area contributed by atoms with Crippen LogP contribution in [0.25, 0.3) is 0 Å². The average Bonchev–Trinajstić information content (AvgIpc) is 2.53. The van der Waals surface area contributed by atoms with Crippen molar-refractivity contribution >= 4 is 21.9 Å². The molecule has 0 bridgehead atoms. The number of benzene rings is 1. The minimum Gasteiger partial charge on any atom is -0.481 e. The SMILES string of the molecule is O=C(O)[C@H](CCCCCCCCBr)COCc1ccccc1. The van der Waals surface area contributed by atoms with E-state index in [4.69, 9.17) is 4.74 Å². The highest BCUT2D eigenvalue weighted by Gasteiger charge is 2.17. The second-order valence-electron chi connectivity index (χ2n) is 5.63. The van der Waals surface area contributed by atoms with E-state index in [0.717, 1.165) is 23.7 Å². The van der Waals surface area contributed by atoms with Crippen LogP contribution in [0.4, 0.5) is 0 Å². The van der Waals surface area contributed by atoms with Crippen LogP contribution in [-0.4, -0.2) is 23.0 Å². The van der Waals surface area contributed by atoms with Gasteiger partial charge in [0, 0.05) is 5.33 Å². The first-order valence-electron chi connectivity index (χ1n) is 8.14. The predicted molar refractivity (Wildman–Crippen MR) is 93.3 cm³/mol. The van der Waals surface area contributed by atoms with Crippen LogP contribution in [-0.2, 0) is 16.1 Å². The Bertz CT molecular complexity index is 395. The number of unbranched alkanes of at least 4 members (excludes halogenated alkanes) is 5. The first-order valence-corrected chi connectivity index (χ1v) is 9.26. The van der Waals surface area contributed by atoms with Gasteiger partial charge >= 0.3 is 5.97 Å². The van der Waals surface area contributed by atoms with Gasteiger partial charge in [-0.2, -0.15) is 0 Å². The largest absolute Gasteiger partial charge is 0.481 e. The zero-order valence-corrected chi connectivity index (χ0v) is 14.8. The van der Waals surface area contributed by atoms with Crippen LogP contribution in [0.3, 0.4) is 0 Å². The number of ether oxygens (including phenoxy) is 1. The van der Waals surface area contributed by atoms with Gasteiger partial charge in [-0.05, 0) is 18.4 Å². The summed E-state index contributed by atoms with van der Waals surface area (Å²) in [5.74, 6) is -1.13. The monoisotopic (exact) mass is 370 g/mol. The number of carboxylic acids is 1. The minimum absolute atomic E-state index is 0.299. The molecule has 0 saturated carbocycles. The highest BCUT2D eigenvalue weighted by atomic mass is 79.9. The molecule has 0 aromatic heterocycles. The lowest BCUT2D eigenvalue weighted by molar-refractivity contribution is -0.144. The lowest BCUT2D eigenvalue weighted by atomic mass is 10.0. The van der Waals surface area contributed by atoms with Gasteiger partial charge in [0.15, 0.2) is 0 Å². The highest BCUT2D eigenvalue weighted by molar-refractivity contribution is 9.09. The van der Waals surface area contributed by atoms with Gasteiger partial charge in [-0.15, -0.1) is 0 Å².